The highest BCUT2D eigenvalue weighted by Crippen LogP contribution is 2.18. The lowest BCUT2D eigenvalue weighted by atomic mass is 10.0. The molecule has 2 atom stereocenters. The zero-order valence-corrected chi connectivity index (χ0v) is 56.4. The Morgan fingerprint density at radius 1 is 0.333 bits per heavy atom. The van der Waals surface area contributed by atoms with Crippen LogP contribution in [0.25, 0.3) is 0 Å². The molecule has 492 valence electrons. The molecule has 0 aliphatic rings. The van der Waals surface area contributed by atoms with Crippen LogP contribution in [-0.2, 0) is 14.3 Å². The summed E-state index contributed by atoms with van der Waals surface area (Å²) in [6.07, 6.45) is 97.4. The third-order valence-electron chi connectivity index (χ3n) is 17.3. The molecule has 0 aliphatic heterocycles. The topological polar surface area (TPSA) is 95.9 Å². The number of allylic oxidation sites excluding steroid dienone is 9. The van der Waals surface area contributed by atoms with Gasteiger partial charge in [0.25, 0.3) is 0 Å². The molecule has 0 saturated heterocycles. The SMILES string of the molecule is CCCCC/C=C\C/C=C\CCCCCCCCCCCC(=O)OCCCCCCCCCCC/C=C\C/C=C\CCCCCCCCCCCCCC(=O)NC(CO)C(O)/C=C/CCCCCCCCCCCCCCCCCCCCC. The van der Waals surface area contributed by atoms with Gasteiger partial charge in [0.15, 0.2) is 0 Å². The van der Waals surface area contributed by atoms with Gasteiger partial charge in [-0.2, -0.15) is 0 Å². The van der Waals surface area contributed by atoms with Gasteiger partial charge in [-0.05, 0) is 96.3 Å². The van der Waals surface area contributed by atoms with Crippen LogP contribution < -0.4 is 5.32 Å². The summed E-state index contributed by atoms with van der Waals surface area (Å²) in [5, 5.41) is 23.3. The summed E-state index contributed by atoms with van der Waals surface area (Å²) in [6.45, 7) is 4.90. The highest BCUT2D eigenvalue weighted by molar-refractivity contribution is 5.76. The van der Waals surface area contributed by atoms with E-state index in [-0.39, 0.29) is 18.5 Å². The Bertz CT molecular complexity index is 1450. The average molecular weight is 1180 g/mol. The summed E-state index contributed by atoms with van der Waals surface area (Å²) in [4.78, 5) is 24.6. The van der Waals surface area contributed by atoms with Crippen LogP contribution in [0.4, 0.5) is 0 Å². The van der Waals surface area contributed by atoms with E-state index in [1.165, 1.54) is 315 Å². The number of aliphatic hydroxyl groups excluding tert-OH is 2. The Labute approximate surface area is 524 Å². The van der Waals surface area contributed by atoms with Crippen LogP contribution in [-0.4, -0.2) is 47.4 Å². The van der Waals surface area contributed by atoms with Gasteiger partial charge in [-0.15, -0.1) is 0 Å². The van der Waals surface area contributed by atoms with E-state index >= 15 is 0 Å². The Kier molecular flexibility index (Phi) is 70.9. The van der Waals surface area contributed by atoms with E-state index < -0.39 is 12.1 Å². The quantitative estimate of drug-likeness (QED) is 0.0320. The van der Waals surface area contributed by atoms with E-state index in [0.29, 0.717) is 19.4 Å². The van der Waals surface area contributed by atoms with Crippen molar-refractivity contribution < 1.29 is 24.5 Å². The van der Waals surface area contributed by atoms with Crippen molar-refractivity contribution in [1.82, 2.24) is 5.32 Å². The zero-order chi connectivity index (χ0) is 60.6. The van der Waals surface area contributed by atoms with Crippen LogP contribution in [0.3, 0.4) is 0 Å². The number of hydrogen-bond acceptors (Lipinski definition) is 5. The molecule has 0 aliphatic carbocycles. The standard InChI is InChI=1S/C78H145NO5/c1-3-5-7-9-11-13-15-17-19-21-23-31-35-38-42-46-50-54-58-62-66-70-76(81)75(74-80)79-77(82)71-67-63-59-55-51-47-43-39-36-32-29-27-25-24-26-28-30-33-37-41-45-49-53-57-61-65-69-73-84-78(83)72-68-64-60-56-52-48-44-40-34-22-20-18-16-14-12-10-8-6-4-2/h12,14,18,20,24-25,28,30,66,70,75-76,80-81H,3-11,13,15-17,19,21-23,26-27,29,31-65,67-69,71-74H2,1-2H3,(H,79,82)/b14-12-,20-18-,25-24-,30-28-,70-66+. The molecular weight excluding hydrogens is 1030 g/mol. The fourth-order valence-electron chi connectivity index (χ4n) is 11.5. The Hall–Kier alpha value is -2.44. The van der Waals surface area contributed by atoms with Crippen molar-refractivity contribution in [3.63, 3.8) is 0 Å². The number of aliphatic hydroxyl groups is 2. The summed E-state index contributed by atoms with van der Waals surface area (Å²) in [6, 6.07) is -0.633. The van der Waals surface area contributed by atoms with Gasteiger partial charge in [-0.1, -0.05) is 351 Å². The molecule has 1 amide bonds. The Balaban J connectivity index is 3.44. The van der Waals surface area contributed by atoms with Gasteiger partial charge >= 0.3 is 5.97 Å². The van der Waals surface area contributed by atoms with Crippen molar-refractivity contribution in [2.24, 2.45) is 0 Å². The lowest BCUT2D eigenvalue weighted by molar-refractivity contribution is -0.143. The van der Waals surface area contributed by atoms with E-state index in [1.807, 2.05) is 6.08 Å². The maximum atomic E-state index is 12.5. The molecule has 6 heteroatoms. The van der Waals surface area contributed by atoms with Gasteiger partial charge in [-0.3, -0.25) is 9.59 Å². The monoisotopic (exact) mass is 1180 g/mol. The van der Waals surface area contributed by atoms with E-state index in [1.54, 1.807) is 6.08 Å². The highest BCUT2D eigenvalue weighted by atomic mass is 16.5. The normalized spacial score (nSPS) is 12.9. The lowest BCUT2D eigenvalue weighted by Crippen LogP contribution is -2.45. The van der Waals surface area contributed by atoms with Crippen molar-refractivity contribution in [3.05, 3.63) is 60.8 Å². The molecule has 0 aromatic carbocycles. The van der Waals surface area contributed by atoms with Gasteiger partial charge in [-0.25, -0.2) is 0 Å². The molecule has 0 fully saturated rings. The second-order valence-corrected chi connectivity index (χ2v) is 25.6. The molecule has 3 N–H and O–H groups in total. The highest BCUT2D eigenvalue weighted by Gasteiger charge is 2.18. The molecule has 0 heterocycles. The molecule has 84 heavy (non-hydrogen) atoms. The number of carbonyl (C=O) groups is 2. The number of ether oxygens (including phenoxy) is 1. The lowest BCUT2D eigenvalue weighted by Gasteiger charge is -2.20. The minimum Gasteiger partial charge on any atom is -0.466 e. The average Bonchev–Trinajstić information content (AvgIpc) is 3.51. The number of unbranched alkanes of at least 4 members (excludes halogenated alkanes) is 51. The van der Waals surface area contributed by atoms with E-state index in [9.17, 15) is 19.8 Å². The summed E-state index contributed by atoms with van der Waals surface area (Å²) in [5.74, 6) is -0.0615. The van der Waals surface area contributed by atoms with Crippen LogP contribution >= 0.6 is 0 Å². The number of rotatable bonds is 70. The number of esters is 1. The predicted octanol–water partition coefficient (Wildman–Crippen LogP) is 24.6. The summed E-state index contributed by atoms with van der Waals surface area (Å²) in [5.41, 5.74) is 0. The van der Waals surface area contributed by atoms with Gasteiger partial charge in [0.1, 0.15) is 0 Å². The minimum atomic E-state index is -0.849. The second kappa shape index (κ2) is 73.0. The molecule has 0 bridgehead atoms. The third-order valence-corrected chi connectivity index (χ3v) is 17.3. The number of carbonyl (C=O) groups excluding carboxylic acids is 2. The van der Waals surface area contributed by atoms with Crippen LogP contribution in [0.1, 0.15) is 399 Å². The second-order valence-electron chi connectivity index (χ2n) is 25.6. The van der Waals surface area contributed by atoms with Gasteiger partial charge in [0.2, 0.25) is 5.91 Å². The minimum absolute atomic E-state index is 0.00663. The first-order chi connectivity index (χ1) is 41.5. The molecular formula is C78H145NO5. The summed E-state index contributed by atoms with van der Waals surface area (Å²) < 4.78 is 5.50. The molecule has 6 nitrogen and oxygen atoms in total. The number of nitrogens with one attached hydrogen (secondary N) is 1. The van der Waals surface area contributed by atoms with Gasteiger partial charge < -0.3 is 20.3 Å². The predicted molar refractivity (Wildman–Crippen MR) is 370 cm³/mol. The Morgan fingerprint density at radius 3 is 0.929 bits per heavy atom. The van der Waals surface area contributed by atoms with Crippen molar-refractivity contribution in [2.45, 2.75) is 411 Å². The summed E-state index contributed by atoms with van der Waals surface area (Å²) in [7, 11) is 0. The number of hydrogen-bond donors (Lipinski definition) is 3. The van der Waals surface area contributed by atoms with Crippen LogP contribution in [0.15, 0.2) is 60.8 Å². The van der Waals surface area contributed by atoms with Gasteiger partial charge in [0, 0.05) is 12.8 Å². The van der Waals surface area contributed by atoms with Gasteiger partial charge in [0.05, 0.1) is 25.4 Å². The smallest absolute Gasteiger partial charge is 0.305 e. The van der Waals surface area contributed by atoms with E-state index in [2.05, 4.69) is 67.8 Å². The fourth-order valence-corrected chi connectivity index (χ4v) is 11.5. The van der Waals surface area contributed by atoms with Crippen molar-refractivity contribution >= 4 is 11.9 Å². The molecule has 0 aromatic rings. The zero-order valence-electron chi connectivity index (χ0n) is 56.4. The number of amides is 1. The third kappa shape index (κ3) is 68.7. The maximum absolute atomic E-state index is 12.5. The van der Waals surface area contributed by atoms with E-state index in [4.69, 9.17) is 4.74 Å². The fraction of sp³-hybridized carbons (Fsp3) is 0.846. The molecule has 0 radical (unpaired) electrons. The largest absolute Gasteiger partial charge is 0.466 e. The van der Waals surface area contributed by atoms with Crippen LogP contribution in [0.5, 0.6) is 0 Å². The van der Waals surface area contributed by atoms with Crippen molar-refractivity contribution in [2.75, 3.05) is 13.2 Å². The first kappa shape index (κ1) is 81.6. The molecule has 2 unspecified atom stereocenters. The first-order valence-corrected chi connectivity index (χ1v) is 37.6. The molecule has 0 spiro atoms. The van der Waals surface area contributed by atoms with E-state index in [0.717, 1.165) is 57.8 Å². The first-order valence-electron chi connectivity index (χ1n) is 37.6. The summed E-state index contributed by atoms with van der Waals surface area (Å²) >= 11 is 0. The van der Waals surface area contributed by atoms with Crippen molar-refractivity contribution in [1.29, 1.82) is 0 Å². The molecule has 0 aromatic heterocycles. The Morgan fingerprint density at radius 2 is 0.595 bits per heavy atom. The van der Waals surface area contributed by atoms with Crippen molar-refractivity contribution in [3.8, 4) is 0 Å². The molecule has 0 rings (SSSR count). The molecule has 0 saturated carbocycles. The van der Waals surface area contributed by atoms with Crippen LogP contribution in [0, 0.1) is 0 Å². The van der Waals surface area contributed by atoms with Crippen LogP contribution in [0.2, 0.25) is 0 Å². The maximum Gasteiger partial charge on any atom is 0.305 e.